The molecule has 0 aliphatic rings. The second-order valence-electron chi connectivity index (χ2n) is 2.71. The summed E-state index contributed by atoms with van der Waals surface area (Å²) in [6.45, 7) is 6.44. The van der Waals surface area contributed by atoms with E-state index in [0.29, 0.717) is 0 Å². The van der Waals surface area contributed by atoms with Crippen LogP contribution < -0.4 is 0 Å². The summed E-state index contributed by atoms with van der Waals surface area (Å²) in [5.74, 6) is 0. The highest BCUT2D eigenvalue weighted by molar-refractivity contribution is 9.14. The molecule has 0 amide bonds. The highest BCUT2D eigenvalue weighted by atomic mass is 79.9. The summed E-state index contributed by atoms with van der Waals surface area (Å²) in [7, 11) is 0. The van der Waals surface area contributed by atoms with E-state index < -0.39 is 0 Å². The van der Waals surface area contributed by atoms with E-state index in [9.17, 15) is 0 Å². The molecular formula is C6H10Br2. The van der Waals surface area contributed by atoms with Crippen LogP contribution in [0.4, 0.5) is 0 Å². The number of hydrogen-bond acceptors (Lipinski definition) is 0. The Morgan fingerprint density at radius 2 is 1.75 bits per heavy atom. The number of halogens is 2. The molecule has 0 rings (SSSR count). The van der Waals surface area contributed by atoms with Crippen molar-refractivity contribution in [3.05, 3.63) is 9.47 Å². The van der Waals surface area contributed by atoms with Gasteiger partial charge in [0.05, 0.1) is 0 Å². The van der Waals surface area contributed by atoms with E-state index in [2.05, 4.69) is 52.6 Å². The summed E-state index contributed by atoms with van der Waals surface area (Å²) < 4.78 is 1.19. The molecule has 0 spiro atoms. The van der Waals surface area contributed by atoms with Crippen LogP contribution in [0.3, 0.4) is 0 Å². The van der Waals surface area contributed by atoms with E-state index in [0.717, 1.165) is 0 Å². The van der Waals surface area contributed by atoms with Crippen LogP contribution in [0, 0.1) is 5.41 Å². The third kappa shape index (κ3) is 2.88. The Bertz CT molecular complexity index is 97.6. The Balaban J connectivity index is 4.03. The zero-order valence-corrected chi connectivity index (χ0v) is 8.51. The molecule has 48 valence electrons. The summed E-state index contributed by atoms with van der Waals surface area (Å²) in [4.78, 5) is 1.90. The van der Waals surface area contributed by atoms with Gasteiger partial charge in [-0.1, -0.05) is 52.6 Å². The minimum Gasteiger partial charge on any atom is -0.0586 e. The SMILES string of the molecule is CC(C)(C)/C(Br)=C\Br. The fourth-order valence-electron chi connectivity index (χ4n) is 0.164. The molecule has 0 bridgehead atoms. The molecule has 0 aromatic carbocycles. The molecule has 0 N–H and O–H groups in total. The van der Waals surface area contributed by atoms with Crippen molar-refractivity contribution < 1.29 is 0 Å². The summed E-state index contributed by atoms with van der Waals surface area (Å²) >= 11 is 6.65. The maximum atomic E-state index is 3.41. The Morgan fingerprint density at radius 3 is 1.75 bits per heavy atom. The predicted molar refractivity (Wildman–Crippen MR) is 45.4 cm³/mol. The molecule has 0 atom stereocenters. The Labute approximate surface area is 67.6 Å². The molecule has 0 radical (unpaired) electrons. The quantitative estimate of drug-likeness (QED) is 0.607. The first kappa shape index (κ1) is 8.70. The molecule has 0 aliphatic carbocycles. The molecule has 0 saturated carbocycles. The first-order valence-corrected chi connectivity index (χ1v) is 4.15. The highest BCUT2D eigenvalue weighted by Gasteiger charge is 2.12. The summed E-state index contributed by atoms with van der Waals surface area (Å²) in [6.07, 6.45) is 0. The van der Waals surface area contributed by atoms with Crippen LogP contribution in [-0.2, 0) is 0 Å². The van der Waals surface area contributed by atoms with Crippen LogP contribution in [0.2, 0.25) is 0 Å². The van der Waals surface area contributed by atoms with Crippen LogP contribution in [-0.4, -0.2) is 0 Å². The van der Waals surface area contributed by atoms with E-state index >= 15 is 0 Å². The summed E-state index contributed by atoms with van der Waals surface area (Å²) in [5, 5.41) is 0. The Morgan fingerprint density at radius 1 is 1.38 bits per heavy atom. The van der Waals surface area contributed by atoms with Gasteiger partial charge in [-0.25, -0.2) is 0 Å². The molecule has 0 nitrogen and oxygen atoms in total. The van der Waals surface area contributed by atoms with Crippen LogP contribution in [0.1, 0.15) is 20.8 Å². The second kappa shape index (κ2) is 3.02. The zero-order chi connectivity index (χ0) is 6.78. The van der Waals surface area contributed by atoms with Gasteiger partial charge in [-0.2, -0.15) is 0 Å². The van der Waals surface area contributed by atoms with Crippen LogP contribution in [0.15, 0.2) is 9.47 Å². The molecule has 0 heterocycles. The average molecular weight is 242 g/mol. The lowest BCUT2D eigenvalue weighted by molar-refractivity contribution is 0.537. The predicted octanol–water partition coefficient (Wildman–Crippen LogP) is 3.66. The second-order valence-corrected chi connectivity index (χ2v) is 4.02. The van der Waals surface area contributed by atoms with Crippen molar-refractivity contribution in [1.82, 2.24) is 0 Å². The fraction of sp³-hybridized carbons (Fsp3) is 0.667. The van der Waals surface area contributed by atoms with Crippen LogP contribution in [0.5, 0.6) is 0 Å². The third-order valence-electron chi connectivity index (χ3n) is 0.812. The lowest BCUT2D eigenvalue weighted by Gasteiger charge is -2.15. The van der Waals surface area contributed by atoms with Crippen LogP contribution in [0.25, 0.3) is 0 Å². The molecule has 0 aliphatic heterocycles. The maximum Gasteiger partial charge on any atom is 0.00733 e. The molecule has 0 unspecified atom stereocenters. The van der Waals surface area contributed by atoms with Gasteiger partial charge in [0, 0.05) is 4.48 Å². The molecule has 0 aromatic heterocycles. The van der Waals surface area contributed by atoms with Crippen molar-refractivity contribution in [2.75, 3.05) is 0 Å². The normalized spacial score (nSPS) is 14.4. The van der Waals surface area contributed by atoms with Crippen molar-refractivity contribution in [1.29, 1.82) is 0 Å². The number of rotatable bonds is 0. The van der Waals surface area contributed by atoms with E-state index in [1.54, 1.807) is 0 Å². The van der Waals surface area contributed by atoms with E-state index in [1.165, 1.54) is 4.48 Å². The lowest BCUT2D eigenvalue weighted by Crippen LogP contribution is -2.02. The molecule has 8 heavy (non-hydrogen) atoms. The standard InChI is InChI=1S/C6H10Br2/c1-6(2,3)5(8)4-7/h4H,1-3H3/b5-4+. The van der Waals surface area contributed by atoms with Gasteiger partial charge in [0.1, 0.15) is 0 Å². The Hall–Kier alpha value is 0.700. The van der Waals surface area contributed by atoms with Crippen molar-refractivity contribution >= 4 is 31.9 Å². The van der Waals surface area contributed by atoms with Gasteiger partial charge in [-0.3, -0.25) is 0 Å². The van der Waals surface area contributed by atoms with E-state index in [4.69, 9.17) is 0 Å². The van der Waals surface area contributed by atoms with Crippen LogP contribution >= 0.6 is 31.9 Å². The molecule has 0 fully saturated rings. The number of hydrogen-bond donors (Lipinski definition) is 0. The van der Waals surface area contributed by atoms with Crippen molar-refractivity contribution in [3.8, 4) is 0 Å². The highest BCUT2D eigenvalue weighted by Crippen LogP contribution is 2.30. The van der Waals surface area contributed by atoms with E-state index in [1.807, 2.05) is 4.99 Å². The first-order chi connectivity index (χ1) is 3.48. The minimum atomic E-state index is 0.240. The van der Waals surface area contributed by atoms with Gasteiger partial charge in [0.15, 0.2) is 0 Å². The van der Waals surface area contributed by atoms with Gasteiger partial charge >= 0.3 is 0 Å². The van der Waals surface area contributed by atoms with Crippen molar-refractivity contribution in [2.45, 2.75) is 20.8 Å². The van der Waals surface area contributed by atoms with Gasteiger partial charge in [0.2, 0.25) is 0 Å². The molecule has 0 saturated heterocycles. The van der Waals surface area contributed by atoms with Gasteiger partial charge in [-0.05, 0) is 10.4 Å². The lowest BCUT2D eigenvalue weighted by atomic mass is 9.98. The van der Waals surface area contributed by atoms with Gasteiger partial charge in [0.25, 0.3) is 0 Å². The van der Waals surface area contributed by atoms with Crippen molar-refractivity contribution in [2.24, 2.45) is 5.41 Å². The number of allylic oxidation sites excluding steroid dienone is 1. The topological polar surface area (TPSA) is 0 Å². The van der Waals surface area contributed by atoms with Gasteiger partial charge < -0.3 is 0 Å². The minimum absolute atomic E-state index is 0.240. The largest absolute Gasteiger partial charge is 0.0586 e. The molecule has 0 aromatic rings. The van der Waals surface area contributed by atoms with Gasteiger partial charge in [-0.15, -0.1) is 0 Å². The first-order valence-electron chi connectivity index (χ1n) is 2.45. The summed E-state index contributed by atoms with van der Waals surface area (Å²) in [6, 6.07) is 0. The zero-order valence-electron chi connectivity index (χ0n) is 5.33. The fourth-order valence-corrected chi connectivity index (χ4v) is 0.850. The van der Waals surface area contributed by atoms with Crippen molar-refractivity contribution in [3.63, 3.8) is 0 Å². The average Bonchev–Trinajstić information content (AvgIpc) is 1.62. The molecule has 2 heteroatoms. The summed E-state index contributed by atoms with van der Waals surface area (Å²) in [5.41, 5.74) is 0.240. The maximum absolute atomic E-state index is 3.41. The monoisotopic (exact) mass is 240 g/mol. The third-order valence-corrected chi connectivity index (χ3v) is 3.30. The Kier molecular flexibility index (Phi) is 3.28. The van der Waals surface area contributed by atoms with E-state index in [-0.39, 0.29) is 5.41 Å². The molecular weight excluding hydrogens is 232 g/mol. The smallest absolute Gasteiger partial charge is 0.00733 e.